The second-order valence-electron chi connectivity index (χ2n) is 20.5. The Kier molecular flexibility index (Phi) is 40.0. The highest BCUT2D eigenvalue weighted by Gasteiger charge is 2.47. The summed E-state index contributed by atoms with van der Waals surface area (Å²) >= 11 is 0. The maximum atomic E-state index is 13.0. The van der Waals surface area contributed by atoms with Gasteiger partial charge in [0.05, 0.1) is 19.8 Å². The first-order chi connectivity index (χ1) is 34.5. The van der Waals surface area contributed by atoms with Crippen molar-refractivity contribution in [1.82, 2.24) is 0 Å². The molecule has 2 saturated heterocycles. The van der Waals surface area contributed by atoms with Crippen LogP contribution in [0, 0.1) is 0 Å². The van der Waals surface area contributed by atoms with Crippen LogP contribution in [0.15, 0.2) is 12.2 Å². The molecule has 71 heavy (non-hydrogen) atoms. The monoisotopic (exact) mass is 1020 g/mol. The number of allylic oxidation sites excluding steroid dienone is 2. The van der Waals surface area contributed by atoms with Crippen molar-refractivity contribution in [3.8, 4) is 0 Å². The van der Waals surface area contributed by atoms with Crippen LogP contribution in [0.3, 0.4) is 0 Å². The van der Waals surface area contributed by atoms with Crippen molar-refractivity contribution < 1.29 is 73.8 Å². The zero-order valence-corrected chi connectivity index (χ0v) is 44.5. The molecule has 2 rings (SSSR count). The molecule has 0 bridgehead atoms. The van der Waals surface area contributed by atoms with Crippen molar-refractivity contribution in [2.24, 2.45) is 0 Å². The van der Waals surface area contributed by atoms with E-state index in [0.29, 0.717) is 12.8 Å². The molecule has 0 radical (unpaired) electrons. The van der Waals surface area contributed by atoms with Gasteiger partial charge in [0, 0.05) is 12.8 Å². The highest BCUT2D eigenvalue weighted by Crippen LogP contribution is 2.27. The fourth-order valence-electron chi connectivity index (χ4n) is 9.27. The van der Waals surface area contributed by atoms with Crippen LogP contribution in [0.4, 0.5) is 0 Å². The summed E-state index contributed by atoms with van der Waals surface area (Å²) in [7, 11) is 0. The van der Waals surface area contributed by atoms with E-state index in [4.69, 9.17) is 28.4 Å². The first kappa shape index (κ1) is 65.4. The summed E-state index contributed by atoms with van der Waals surface area (Å²) in [6.45, 7) is 2.61. The van der Waals surface area contributed by atoms with Crippen LogP contribution in [0.2, 0.25) is 0 Å². The molecular formula is C56H104O15. The summed E-state index contributed by atoms with van der Waals surface area (Å²) in [5.41, 5.74) is 0. The van der Waals surface area contributed by atoms with E-state index in [1.165, 1.54) is 141 Å². The van der Waals surface area contributed by atoms with Crippen LogP contribution in [-0.4, -0.2) is 142 Å². The number of carbonyl (C=O) groups is 2. The third-order valence-corrected chi connectivity index (χ3v) is 14.0. The second kappa shape index (κ2) is 43.5. The van der Waals surface area contributed by atoms with E-state index in [1.807, 2.05) is 0 Å². The quantitative estimate of drug-likeness (QED) is 0.0171. The molecule has 2 fully saturated rings. The largest absolute Gasteiger partial charge is 0.462 e. The number of carbonyl (C=O) groups excluding carboxylic acids is 2. The SMILES string of the molecule is CCCCCC/C=C/CCCCCCCC(=O)O[C@@H](COC(=O)CCCCCCCCCCCCCCCCCCCCCCCC)CO[C@@H]1O[C@H](CO[C@@H]2O[C@H](CO)[C@H](O)C(O)C2O)[C@H](O)C(O)C1O. The molecule has 2 aliphatic rings. The topological polar surface area (TPSA) is 231 Å². The van der Waals surface area contributed by atoms with Gasteiger partial charge in [-0.15, -0.1) is 0 Å². The number of aliphatic hydroxyl groups is 7. The molecule has 0 aromatic rings. The van der Waals surface area contributed by atoms with Crippen LogP contribution in [0.25, 0.3) is 0 Å². The van der Waals surface area contributed by atoms with Gasteiger partial charge in [0.15, 0.2) is 18.7 Å². The Labute approximate surface area is 429 Å². The van der Waals surface area contributed by atoms with Gasteiger partial charge in [0.25, 0.3) is 0 Å². The molecule has 7 N–H and O–H groups in total. The number of hydrogen-bond acceptors (Lipinski definition) is 15. The molecule has 418 valence electrons. The van der Waals surface area contributed by atoms with Crippen molar-refractivity contribution in [3.05, 3.63) is 12.2 Å². The predicted octanol–water partition coefficient (Wildman–Crippen LogP) is 9.33. The maximum absolute atomic E-state index is 13.0. The van der Waals surface area contributed by atoms with Gasteiger partial charge in [-0.05, 0) is 38.5 Å². The second-order valence-corrected chi connectivity index (χ2v) is 20.5. The Morgan fingerprint density at radius 3 is 1.25 bits per heavy atom. The Morgan fingerprint density at radius 1 is 0.437 bits per heavy atom. The van der Waals surface area contributed by atoms with Crippen LogP contribution in [-0.2, 0) is 38.0 Å². The van der Waals surface area contributed by atoms with E-state index in [9.17, 15) is 45.3 Å². The molecule has 2 aliphatic heterocycles. The number of ether oxygens (including phenoxy) is 6. The van der Waals surface area contributed by atoms with Gasteiger partial charge in [0.1, 0.15) is 55.4 Å². The van der Waals surface area contributed by atoms with Gasteiger partial charge in [-0.25, -0.2) is 0 Å². The first-order valence-corrected chi connectivity index (χ1v) is 28.8. The number of hydrogen-bond donors (Lipinski definition) is 7. The normalized spacial score (nSPS) is 25.2. The minimum atomic E-state index is -1.76. The van der Waals surface area contributed by atoms with Crippen molar-refractivity contribution in [1.29, 1.82) is 0 Å². The fourth-order valence-corrected chi connectivity index (χ4v) is 9.27. The van der Waals surface area contributed by atoms with Crippen molar-refractivity contribution in [3.63, 3.8) is 0 Å². The van der Waals surface area contributed by atoms with Crippen molar-refractivity contribution in [2.75, 3.05) is 26.4 Å². The molecule has 4 unspecified atom stereocenters. The molecule has 0 spiro atoms. The molecule has 0 amide bonds. The lowest BCUT2D eigenvalue weighted by Gasteiger charge is -2.42. The summed E-state index contributed by atoms with van der Waals surface area (Å²) < 4.78 is 33.7. The number of aliphatic hydroxyl groups excluding tert-OH is 7. The number of unbranched alkanes of at least 4 members (excludes halogenated alkanes) is 30. The lowest BCUT2D eigenvalue weighted by molar-refractivity contribution is -0.332. The Bertz CT molecular complexity index is 1290. The van der Waals surface area contributed by atoms with Gasteiger partial charge in [-0.2, -0.15) is 0 Å². The molecular weight excluding hydrogens is 913 g/mol. The summed E-state index contributed by atoms with van der Waals surface area (Å²) in [5.74, 6) is -0.921. The number of rotatable bonds is 46. The third-order valence-electron chi connectivity index (χ3n) is 14.0. The molecule has 0 saturated carbocycles. The average Bonchev–Trinajstić information content (AvgIpc) is 3.36. The van der Waals surface area contributed by atoms with E-state index in [1.54, 1.807) is 0 Å². The van der Waals surface area contributed by atoms with Gasteiger partial charge in [-0.3, -0.25) is 9.59 Å². The van der Waals surface area contributed by atoms with E-state index in [-0.39, 0.29) is 26.1 Å². The van der Waals surface area contributed by atoms with E-state index >= 15 is 0 Å². The van der Waals surface area contributed by atoms with Gasteiger partial charge in [-0.1, -0.05) is 199 Å². The lowest BCUT2D eigenvalue weighted by atomic mass is 9.98. The van der Waals surface area contributed by atoms with Crippen LogP contribution >= 0.6 is 0 Å². The van der Waals surface area contributed by atoms with Crippen molar-refractivity contribution in [2.45, 2.75) is 306 Å². The fraction of sp³-hybridized carbons (Fsp3) is 0.929. The van der Waals surface area contributed by atoms with Crippen LogP contribution < -0.4 is 0 Å². The molecule has 15 nitrogen and oxygen atoms in total. The van der Waals surface area contributed by atoms with E-state index in [0.717, 1.165) is 57.8 Å². The standard InChI is InChI=1S/C56H104O15/c1-3-5-7-9-11-13-15-17-18-19-20-21-22-23-24-25-27-28-30-32-34-36-38-47(58)66-41-44(69-48(59)39-37-35-33-31-29-26-16-14-12-10-8-6-4-2)42-67-55-54(65)52(63)50(61)46(71-55)43-68-56-53(64)51(62)49(60)45(40-57)70-56/h14,16,44-46,49-57,60-65H,3-13,15,17-43H2,1-2H3/b16-14+/t44-,45+,46+,49-,50-,51?,52?,53?,54?,55+,56+/m0/s1. The smallest absolute Gasteiger partial charge is 0.306 e. The van der Waals surface area contributed by atoms with Crippen LogP contribution in [0.5, 0.6) is 0 Å². The Balaban J connectivity index is 1.72. The molecule has 2 heterocycles. The zero-order chi connectivity index (χ0) is 51.7. The minimum Gasteiger partial charge on any atom is -0.462 e. The third kappa shape index (κ3) is 31.0. The highest BCUT2D eigenvalue weighted by atomic mass is 16.7. The van der Waals surface area contributed by atoms with E-state index in [2.05, 4.69) is 26.0 Å². The zero-order valence-electron chi connectivity index (χ0n) is 44.5. The summed E-state index contributed by atoms with van der Waals surface area (Å²) in [6.07, 6.45) is 28.2. The molecule has 15 heteroatoms. The predicted molar refractivity (Wildman–Crippen MR) is 275 cm³/mol. The van der Waals surface area contributed by atoms with E-state index < -0.39 is 92.7 Å². The molecule has 0 aromatic heterocycles. The maximum Gasteiger partial charge on any atom is 0.306 e. The Hall–Kier alpha value is -1.76. The summed E-state index contributed by atoms with van der Waals surface area (Å²) in [6, 6.07) is 0. The lowest BCUT2D eigenvalue weighted by Crippen LogP contribution is -2.61. The van der Waals surface area contributed by atoms with Gasteiger partial charge < -0.3 is 64.2 Å². The molecule has 0 aromatic carbocycles. The van der Waals surface area contributed by atoms with Gasteiger partial charge in [0.2, 0.25) is 0 Å². The number of esters is 2. The van der Waals surface area contributed by atoms with Gasteiger partial charge >= 0.3 is 11.9 Å². The minimum absolute atomic E-state index is 0.159. The molecule has 0 aliphatic carbocycles. The van der Waals surface area contributed by atoms with Crippen LogP contribution in [0.1, 0.15) is 239 Å². The van der Waals surface area contributed by atoms with Crippen molar-refractivity contribution >= 4 is 11.9 Å². The summed E-state index contributed by atoms with van der Waals surface area (Å²) in [4.78, 5) is 25.8. The first-order valence-electron chi connectivity index (χ1n) is 28.8. The highest BCUT2D eigenvalue weighted by molar-refractivity contribution is 5.70. The average molecular weight is 1020 g/mol. The molecule has 11 atom stereocenters. The summed E-state index contributed by atoms with van der Waals surface area (Å²) in [5, 5.41) is 72.2. The Morgan fingerprint density at radius 2 is 0.803 bits per heavy atom.